The second-order valence-electron chi connectivity index (χ2n) is 6.05. The number of rotatable bonds is 7. The van der Waals surface area contributed by atoms with E-state index in [4.69, 9.17) is 24.5 Å². The van der Waals surface area contributed by atoms with Crippen LogP contribution in [0.25, 0.3) is 10.4 Å². The Labute approximate surface area is 184 Å². The average Bonchev–Trinajstić information content (AvgIpc) is 2.68. The molecule has 0 spiro atoms. The summed E-state index contributed by atoms with van der Waals surface area (Å²) in [5, 5.41) is 13.1. The molecule has 1 unspecified atom stereocenters. The van der Waals surface area contributed by atoms with Crippen molar-refractivity contribution in [2.45, 2.75) is 48.5 Å². The Morgan fingerprint density at radius 3 is 2.73 bits per heavy atom. The number of nitriles is 1. The summed E-state index contributed by atoms with van der Waals surface area (Å²) in [5.74, 6) is -1.18. The second kappa shape index (κ2) is 11.1. The van der Waals surface area contributed by atoms with Gasteiger partial charge in [-0.25, -0.2) is 4.98 Å². The zero-order valence-electron chi connectivity index (χ0n) is 16.2. The molecule has 0 aromatic carbocycles. The largest absolute Gasteiger partial charge is 0.463 e. The van der Waals surface area contributed by atoms with Gasteiger partial charge in [0, 0.05) is 41.4 Å². The average molecular weight is 500 g/mol. The molecule has 0 N–H and O–H groups in total. The summed E-state index contributed by atoms with van der Waals surface area (Å²) in [6.45, 7) is 2.19. The quantitative estimate of drug-likeness (QED) is 0.238. The van der Waals surface area contributed by atoms with Crippen LogP contribution in [-0.2, 0) is 28.5 Å². The van der Waals surface area contributed by atoms with Crippen molar-refractivity contribution < 1.29 is 28.5 Å². The fraction of sp³-hybridized carbons (Fsp3) is 0.529. The highest BCUT2D eigenvalue weighted by Crippen LogP contribution is 2.38. The monoisotopic (exact) mass is 499 g/mol. The van der Waals surface area contributed by atoms with Crippen LogP contribution in [0.15, 0.2) is 26.7 Å². The minimum absolute atomic E-state index is 0.167. The Bertz CT molecular complexity index is 890. The molecule has 30 heavy (non-hydrogen) atoms. The molecule has 0 radical (unpaired) electrons. The Morgan fingerprint density at radius 1 is 1.43 bits per heavy atom. The maximum atomic E-state index is 11.6. The molecule has 13 heteroatoms. The third kappa shape index (κ3) is 6.07. The van der Waals surface area contributed by atoms with Gasteiger partial charge in [0.2, 0.25) is 0 Å². The number of aromatic nitrogens is 1. The van der Waals surface area contributed by atoms with E-state index in [1.54, 1.807) is 6.07 Å². The number of carbonyl (C=O) groups is 2. The predicted octanol–water partition coefficient (Wildman–Crippen LogP) is 2.72. The lowest BCUT2D eigenvalue weighted by atomic mass is 9.97. The molecule has 0 saturated carbocycles. The van der Waals surface area contributed by atoms with Crippen molar-refractivity contribution in [2.24, 2.45) is 5.11 Å². The summed E-state index contributed by atoms with van der Waals surface area (Å²) in [6, 6.07) is 2.72. The number of thioether (sulfide) groups is 1. The molecule has 11 nitrogen and oxygen atoms in total. The maximum Gasteiger partial charge on any atom is 0.303 e. The summed E-state index contributed by atoms with van der Waals surface area (Å²) >= 11 is 4.43. The standard InChI is InChI=1S/C17H18BrN5O6S/c1-8(24)27-7-12-15(28-9(2)25)14(22-23-20)16(26-3)17(29-12)30-13-4-10(18)6-21-11(13)5-19/h4,6,12,14-17H,7H2,1-3H3/t12-,14+,15+,16-,17?/m1/s1. The van der Waals surface area contributed by atoms with E-state index in [2.05, 4.69) is 30.9 Å². The molecular formula is C17H18BrN5O6S. The number of ether oxygens (including phenoxy) is 4. The van der Waals surface area contributed by atoms with Crippen molar-refractivity contribution in [3.63, 3.8) is 0 Å². The van der Waals surface area contributed by atoms with Crippen molar-refractivity contribution in [1.29, 1.82) is 5.26 Å². The van der Waals surface area contributed by atoms with Gasteiger partial charge in [0.25, 0.3) is 0 Å². The van der Waals surface area contributed by atoms with E-state index in [9.17, 15) is 14.9 Å². The van der Waals surface area contributed by atoms with Gasteiger partial charge in [0.05, 0.1) is 0 Å². The summed E-state index contributed by atoms with van der Waals surface area (Å²) in [6.07, 6.45) is -1.32. The van der Waals surface area contributed by atoms with Gasteiger partial charge in [0.15, 0.2) is 5.69 Å². The van der Waals surface area contributed by atoms with Gasteiger partial charge in [-0.05, 0) is 27.5 Å². The molecule has 160 valence electrons. The van der Waals surface area contributed by atoms with E-state index in [0.29, 0.717) is 9.37 Å². The molecule has 2 heterocycles. The zero-order chi connectivity index (χ0) is 22.3. The molecule has 5 atom stereocenters. The number of azide groups is 1. The van der Waals surface area contributed by atoms with Gasteiger partial charge in [0.1, 0.15) is 42.5 Å². The van der Waals surface area contributed by atoms with Crippen molar-refractivity contribution in [2.75, 3.05) is 13.7 Å². The first kappa shape index (κ1) is 23.9. The minimum Gasteiger partial charge on any atom is -0.463 e. The Balaban J connectivity index is 2.43. The highest BCUT2D eigenvalue weighted by atomic mass is 79.9. The number of halogens is 1. The first-order valence-corrected chi connectivity index (χ1v) is 10.2. The van der Waals surface area contributed by atoms with Crippen LogP contribution in [0.3, 0.4) is 0 Å². The Morgan fingerprint density at radius 2 is 2.17 bits per heavy atom. The summed E-state index contributed by atoms with van der Waals surface area (Å²) < 4.78 is 22.5. The number of esters is 2. The predicted molar refractivity (Wildman–Crippen MR) is 107 cm³/mol. The lowest BCUT2D eigenvalue weighted by Crippen LogP contribution is -2.59. The third-order valence-corrected chi connectivity index (χ3v) is 5.61. The summed E-state index contributed by atoms with van der Waals surface area (Å²) in [5.41, 5.74) is 8.43. The number of carbonyl (C=O) groups excluding carboxylic acids is 2. The van der Waals surface area contributed by atoms with Crippen molar-refractivity contribution >= 4 is 39.6 Å². The summed E-state index contributed by atoms with van der Waals surface area (Å²) in [7, 11) is 1.39. The molecule has 1 fully saturated rings. The highest BCUT2D eigenvalue weighted by molar-refractivity contribution is 9.10. The van der Waals surface area contributed by atoms with Gasteiger partial charge in [-0.1, -0.05) is 16.9 Å². The summed E-state index contributed by atoms with van der Waals surface area (Å²) in [4.78, 5) is 30.3. The van der Waals surface area contributed by atoms with E-state index in [-0.39, 0.29) is 12.3 Å². The first-order valence-electron chi connectivity index (χ1n) is 8.56. The lowest BCUT2D eigenvalue weighted by molar-refractivity contribution is -0.196. The second-order valence-corrected chi connectivity index (χ2v) is 8.10. The smallest absolute Gasteiger partial charge is 0.303 e. The normalized spacial score (nSPS) is 25.5. The van der Waals surface area contributed by atoms with Crippen LogP contribution in [0.5, 0.6) is 0 Å². The Kier molecular flexibility index (Phi) is 8.88. The van der Waals surface area contributed by atoms with Gasteiger partial charge in [-0.15, -0.1) is 0 Å². The molecule has 0 aliphatic carbocycles. The maximum absolute atomic E-state index is 11.6. The third-order valence-electron chi connectivity index (χ3n) is 4.00. The van der Waals surface area contributed by atoms with Crippen LogP contribution < -0.4 is 0 Å². The van der Waals surface area contributed by atoms with Gasteiger partial charge in [-0.3, -0.25) is 9.59 Å². The van der Waals surface area contributed by atoms with Crippen LogP contribution in [0, 0.1) is 11.3 Å². The number of nitrogens with zero attached hydrogens (tertiary/aromatic N) is 5. The fourth-order valence-electron chi connectivity index (χ4n) is 2.82. The first-order chi connectivity index (χ1) is 14.3. The van der Waals surface area contributed by atoms with E-state index in [1.807, 2.05) is 6.07 Å². The lowest BCUT2D eigenvalue weighted by Gasteiger charge is -2.43. The number of hydrogen-bond donors (Lipinski definition) is 0. The molecule has 1 aromatic heterocycles. The SMILES string of the molecule is CO[C@H]1C(Sc2cc(Br)cnc2C#N)O[C@H](COC(C)=O)[C@H](OC(C)=O)[C@@H]1N=[N+]=[N-]. The van der Waals surface area contributed by atoms with Gasteiger partial charge >= 0.3 is 11.9 Å². The van der Waals surface area contributed by atoms with Crippen LogP contribution in [0.4, 0.5) is 0 Å². The fourth-order valence-corrected chi connectivity index (χ4v) is 4.56. The van der Waals surface area contributed by atoms with E-state index < -0.39 is 41.7 Å². The van der Waals surface area contributed by atoms with Crippen molar-refractivity contribution in [3.8, 4) is 6.07 Å². The van der Waals surface area contributed by atoms with Crippen molar-refractivity contribution in [3.05, 3.63) is 32.9 Å². The topological polar surface area (TPSA) is 157 Å². The van der Waals surface area contributed by atoms with Crippen LogP contribution in [0.1, 0.15) is 19.5 Å². The van der Waals surface area contributed by atoms with Gasteiger partial charge in [-0.2, -0.15) is 5.26 Å². The Hall–Kier alpha value is -2.36. The van der Waals surface area contributed by atoms with E-state index >= 15 is 0 Å². The number of pyridine rings is 1. The van der Waals surface area contributed by atoms with Crippen LogP contribution >= 0.6 is 27.7 Å². The highest BCUT2D eigenvalue weighted by Gasteiger charge is 2.48. The molecule has 0 amide bonds. The van der Waals surface area contributed by atoms with E-state index in [1.165, 1.54) is 27.2 Å². The molecule has 1 saturated heterocycles. The number of hydrogen-bond acceptors (Lipinski definition) is 10. The van der Waals surface area contributed by atoms with Crippen LogP contribution in [-0.4, -0.2) is 60.4 Å². The van der Waals surface area contributed by atoms with Crippen LogP contribution in [0.2, 0.25) is 0 Å². The molecule has 1 aliphatic heterocycles. The van der Waals surface area contributed by atoms with E-state index in [0.717, 1.165) is 11.8 Å². The minimum atomic E-state index is -1.05. The molecular weight excluding hydrogens is 482 g/mol. The van der Waals surface area contributed by atoms with Gasteiger partial charge < -0.3 is 18.9 Å². The zero-order valence-corrected chi connectivity index (χ0v) is 18.6. The molecule has 0 bridgehead atoms. The number of methoxy groups -OCH3 is 1. The molecule has 2 rings (SSSR count). The molecule has 1 aliphatic rings. The van der Waals surface area contributed by atoms with Crippen molar-refractivity contribution in [1.82, 2.24) is 4.98 Å². The molecule has 1 aromatic rings.